The highest BCUT2D eigenvalue weighted by Gasteiger charge is 2.22. The molecule has 0 spiro atoms. The van der Waals surface area contributed by atoms with Gasteiger partial charge in [-0.05, 0) is 6.42 Å². The summed E-state index contributed by atoms with van der Waals surface area (Å²) in [4.78, 5) is 35.2. The standard InChI is InChI=1S/C9H14N4O3S/c10-9(11)17-5-7(15)12-6(14)4-13-3-1-2-8(13)16/h1-5H2,(H3,10,11)(H,12,14,15). The van der Waals surface area contributed by atoms with Crippen molar-refractivity contribution >= 4 is 34.7 Å². The second-order valence-electron chi connectivity index (χ2n) is 3.54. The maximum atomic E-state index is 11.4. The minimum atomic E-state index is -0.512. The predicted octanol–water partition coefficient (Wildman–Crippen LogP) is -1.12. The molecule has 0 bridgehead atoms. The van der Waals surface area contributed by atoms with Crippen LogP contribution in [0.5, 0.6) is 0 Å². The Labute approximate surface area is 103 Å². The smallest absolute Gasteiger partial charge is 0.246 e. The summed E-state index contributed by atoms with van der Waals surface area (Å²) in [6, 6.07) is 0. The van der Waals surface area contributed by atoms with E-state index in [1.165, 1.54) is 4.90 Å². The summed E-state index contributed by atoms with van der Waals surface area (Å²) in [5.41, 5.74) is 5.05. The van der Waals surface area contributed by atoms with Gasteiger partial charge in [-0.2, -0.15) is 0 Å². The van der Waals surface area contributed by atoms with Gasteiger partial charge in [0, 0.05) is 13.0 Å². The van der Waals surface area contributed by atoms with E-state index in [0.717, 1.165) is 18.2 Å². The first-order chi connectivity index (χ1) is 7.99. The number of nitrogens with one attached hydrogen (secondary N) is 2. The van der Waals surface area contributed by atoms with Crippen LogP contribution in [0.3, 0.4) is 0 Å². The van der Waals surface area contributed by atoms with Crippen LogP contribution in [0.25, 0.3) is 0 Å². The van der Waals surface area contributed by atoms with Gasteiger partial charge in [0.15, 0.2) is 5.17 Å². The lowest BCUT2D eigenvalue weighted by Crippen LogP contribution is -2.41. The number of amides is 3. The highest BCUT2D eigenvalue weighted by molar-refractivity contribution is 8.14. The second kappa shape index (κ2) is 6.24. The number of amidine groups is 1. The van der Waals surface area contributed by atoms with Gasteiger partial charge in [0.25, 0.3) is 0 Å². The maximum absolute atomic E-state index is 11.4. The first-order valence-corrected chi connectivity index (χ1v) is 6.05. The number of carbonyl (C=O) groups is 3. The molecule has 94 valence electrons. The zero-order chi connectivity index (χ0) is 12.8. The van der Waals surface area contributed by atoms with Crippen molar-refractivity contribution in [3.8, 4) is 0 Å². The Kier molecular flexibility index (Phi) is 4.95. The molecule has 7 nitrogen and oxygen atoms in total. The largest absolute Gasteiger partial charge is 0.379 e. The van der Waals surface area contributed by atoms with E-state index in [-0.39, 0.29) is 23.4 Å². The van der Waals surface area contributed by atoms with Crippen molar-refractivity contribution < 1.29 is 14.4 Å². The Hall–Kier alpha value is -1.57. The Morgan fingerprint density at radius 2 is 2.18 bits per heavy atom. The van der Waals surface area contributed by atoms with Crippen LogP contribution in [0.2, 0.25) is 0 Å². The number of hydrogen-bond acceptors (Lipinski definition) is 5. The molecule has 0 unspecified atom stereocenters. The van der Waals surface area contributed by atoms with Crippen LogP contribution < -0.4 is 11.1 Å². The van der Waals surface area contributed by atoms with E-state index in [1.807, 2.05) is 0 Å². The molecule has 17 heavy (non-hydrogen) atoms. The molecule has 1 aliphatic heterocycles. The molecule has 0 aliphatic carbocycles. The summed E-state index contributed by atoms with van der Waals surface area (Å²) in [5.74, 6) is -1.16. The Morgan fingerprint density at radius 1 is 1.47 bits per heavy atom. The molecule has 1 saturated heterocycles. The van der Waals surface area contributed by atoms with Crippen LogP contribution in [-0.2, 0) is 14.4 Å². The molecule has 0 radical (unpaired) electrons. The van der Waals surface area contributed by atoms with Gasteiger partial charge in [0.2, 0.25) is 17.7 Å². The van der Waals surface area contributed by atoms with Gasteiger partial charge in [-0.15, -0.1) is 0 Å². The maximum Gasteiger partial charge on any atom is 0.246 e. The highest BCUT2D eigenvalue weighted by atomic mass is 32.2. The molecule has 1 heterocycles. The van der Waals surface area contributed by atoms with Crippen molar-refractivity contribution in [2.75, 3.05) is 18.8 Å². The number of nitrogens with two attached hydrogens (primary N) is 1. The van der Waals surface area contributed by atoms with Crippen LogP contribution in [0.1, 0.15) is 12.8 Å². The SMILES string of the molecule is N=C(N)SCC(=O)NC(=O)CN1CCCC1=O. The first-order valence-electron chi connectivity index (χ1n) is 5.06. The number of thioether (sulfide) groups is 1. The van der Waals surface area contributed by atoms with E-state index in [0.29, 0.717) is 13.0 Å². The number of carbonyl (C=O) groups excluding carboxylic acids is 3. The molecular weight excluding hydrogens is 244 g/mol. The van der Waals surface area contributed by atoms with Crippen LogP contribution in [0, 0.1) is 5.41 Å². The molecule has 1 fully saturated rings. The predicted molar refractivity (Wildman–Crippen MR) is 63.3 cm³/mol. The van der Waals surface area contributed by atoms with Gasteiger partial charge in [0.1, 0.15) is 0 Å². The van der Waals surface area contributed by atoms with Gasteiger partial charge in [-0.25, -0.2) is 0 Å². The van der Waals surface area contributed by atoms with Crippen molar-refractivity contribution in [3.63, 3.8) is 0 Å². The van der Waals surface area contributed by atoms with E-state index in [4.69, 9.17) is 11.1 Å². The molecule has 0 aromatic carbocycles. The molecule has 1 aliphatic rings. The fourth-order valence-electron chi connectivity index (χ4n) is 1.42. The topological polar surface area (TPSA) is 116 Å². The van der Waals surface area contributed by atoms with Gasteiger partial charge in [-0.3, -0.25) is 25.1 Å². The third-order valence-electron chi connectivity index (χ3n) is 2.14. The van der Waals surface area contributed by atoms with Crippen molar-refractivity contribution in [1.82, 2.24) is 10.2 Å². The second-order valence-corrected chi connectivity index (χ2v) is 4.56. The third kappa shape index (κ3) is 4.85. The first kappa shape index (κ1) is 13.5. The van der Waals surface area contributed by atoms with Crippen LogP contribution in [-0.4, -0.2) is 46.6 Å². The molecular formula is C9H14N4O3S. The zero-order valence-electron chi connectivity index (χ0n) is 9.19. The lowest BCUT2D eigenvalue weighted by molar-refractivity contribution is -0.135. The summed E-state index contributed by atoms with van der Waals surface area (Å²) < 4.78 is 0. The minimum Gasteiger partial charge on any atom is -0.379 e. The molecule has 0 atom stereocenters. The molecule has 1 rings (SSSR count). The van der Waals surface area contributed by atoms with Crippen LogP contribution >= 0.6 is 11.8 Å². The summed E-state index contributed by atoms with van der Waals surface area (Å²) >= 11 is 0.841. The summed E-state index contributed by atoms with van der Waals surface area (Å²) in [7, 11) is 0. The van der Waals surface area contributed by atoms with E-state index in [9.17, 15) is 14.4 Å². The van der Waals surface area contributed by atoms with Gasteiger partial charge in [-0.1, -0.05) is 11.8 Å². The zero-order valence-corrected chi connectivity index (χ0v) is 10.0. The van der Waals surface area contributed by atoms with Gasteiger partial charge >= 0.3 is 0 Å². The monoisotopic (exact) mass is 258 g/mol. The van der Waals surface area contributed by atoms with Gasteiger partial charge in [0.05, 0.1) is 12.3 Å². The number of rotatable bonds is 4. The van der Waals surface area contributed by atoms with Crippen LogP contribution in [0.15, 0.2) is 0 Å². The van der Waals surface area contributed by atoms with E-state index in [1.54, 1.807) is 0 Å². The highest BCUT2D eigenvalue weighted by Crippen LogP contribution is 2.08. The lowest BCUT2D eigenvalue weighted by Gasteiger charge is -2.14. The third-order valence-corrected chi connectivity index (χ3v) is 2.86. The summed E-state index contributed by atoms with van der Waals surface area (Å²) in [6.45, 7) is 0.470. The lowest BCUT2D eigenvalue weighted by atomic mass is 10.4. The normalized spacial score (nSPS) is 14.8. The fourth-order valence-corrected chi connectivity index (χ4v) is 1.78. The molecule has 0 aromatic heterocycles. The molecule has 0 saturated carbocycles. The van der Waals surface area contributed by atoms with Crippen molar-refractivity contribution in [2.24, 2.45) is 5.73 Å². The van der Waals surface area contributed by atoms with Gasteiger partial charge < -0.3 is 10.6 Å². The van der Waals surface area contributed by atoms with Crippen molar-refractivity contribution in [3.05, 3.63) is 0 Å². The fraction of sp³-hybridized carbons (Fsp3) is 0.556. The molecule has 0 aromatic rings. The van der Waals surface area contributed by atoms with E-state index in [2.05, 4.69) is 5.32 Å². The number of nitrogens with zero attached hydrogens (tertiary/aromatic N) is 1. The number of likely N-dealkylation sites (tertiary alicyclic amines) is 1. The van der Waals surface area contributed by atoms with Crippen LogP contribution in [0.4, 0.5) is 0 Å². The van der Waals surface area contributed by atoms with Crippen molar-refractivity contribution in [1.29, 1.82) is 5.41 Å². The Bertz CT molecular complexity index is 358. The van der Waals surface area contributed by atoms with Crippen molar-refractivity contribution in [2.45, 2.75) is 12.8 Å². The quantitative estimate of drug-likeness (QED) is 0.436. The minimum absolute atomic E-state index is 0.0642. The van der Waals surface area contributed by atoms with E-state index < -0.39 is 11.8 Å². The Morgan fingerprint density at radius 3 is 2.71 bits per heavy atom. The van der Waals surface area contributed by atoms with E-state index >= 15 is 0 Å². The molecule has 4 N–H and O–H groups in total. The number of imide groups is 1. The average Bonchev–Trinajstić information content (AvgIpc) is 2.61. The summed E-state index contributed by atoms with van der Waals surface area (Å²) in [6.07, 6.45) is 1.21. The molecule has 8 heteroatoms. The summed E-state index contributed by atoms with van der Waals surface area (Å²) in [5, 5.41) is 8.86. The average molecular weight is 258 g/mol. The number of hydrogen-bond donors (Lipinski definition) is 3. The molecule has 3 amide bonds. The Balaban J connectivity index is 2.26.